The highest BCUT2D eigenvalue weighted by Gasteiger charge is 2.38. The molecule has 3 fully saturated rings. The molecule has 1 aliphatic carbocycles. The maximum absolute atomic E-state index is 6.41. The molecule has 23 heavy (non-hydrogen) atoms. The lowest BCUT2D eigenvalue weighted by Gasteiger charge is -2.44. The van der Waals surface area contributed by atoms with Crippen molar-refractivity contribution in [2.75, 3.05) is 26.3 Å². The molecule has 0 amide bonds. The summed E-state index contributed by atoms with van der Waals surface area (Å²) in [5, 5.41) is 0. The van der Waals surface area contributed by atoms with E-state index in [1.165, 1.54) is 90.1 Å². The first kappa shape index (κ1) is 17.7. The summed E-state index contributed by atoms with van der Waals surface area (Å²) in [5.74, 6) is -0.245. The quantitative estimate of drug-likeness (QED) is 0.686. The molecule has 0 aromatic carbocycles. The molecule has 0 aromatic heterocycles. The zero-order chi connectivity index (χ0) is 15.8. The second kappa shape index (κ2) is 9.39. The predicted molar refractivity (Wildman–Crippen MR) is 94.6 cm³/mol. The van der Waals surface area contributed by atoms with Gasteiger partial charge in [0.1, 0.15) is 0 Å². The molecule has 0 bridgehead atoms. The minimum Gasteiger partial charge on any atom is -0.348 e. The van der Waals surface area contributed by atoms with Crippen LogP contribution in [0.25, 0.3) is 0 Å². The molecule has 1 saturated carbocycles. The summed E-state index contributed by atoms with van der Waals surface area (Å²) in [7, 11) is 0. The van der Waals surface area contributed by atoms with Crippen LogP contribution in [0.4, 0.5) is 0 Å². The van der Waals surface area contributed by atoms with Crippen molar-refractivity contribution >= 4 is 0 Å². The van der Waals surface area contributed by atoms with E-state index in [-0.39, 0.29) is 5.79 Å². The molecule has 1 spiro atoms. The van der Waals surface area contributed by atoms with Gasteiger partial charge in [0, 0.05) is 12.8 Å². The van der Waals surface area contributed by atoms with E-state index in [9.17, 15) is 0 Å². The second-order valence-electron chi connectivity index (χ2n) is 7.97. The number of ether oxygens (including phenoxy) is 2. The normalized spacial score (nSPS) is 29.7. The molecule has 0 aromatic rings. The Kier molecular flexibility index (Phi) is 7.22. The largest absolute Gasteiger partial charge is 0.348 e. The SMILES string of the molecule is C1CCCCCC2(CCCCC1)OCC(N1CCCCC1)CO2. The molecule has 134 valence electrons. The molecular weight excluding hydrogens is 286 g/mol. The van der Waals surface area contributed by atoms with Crippen LogP contribution in [-0.2, 0) is 9.47 Å². The zero-order valence-corrected chi connectivity index (χ0v) is 15.1. The average Bonchev–Trinajstić information content (AvgIpc) is 2.60. The lowest BCUT2D eigenvalue weighted by Crippen LogP contribution is -2.53. The summed E-state index contributed by atoms with van der Waals surface area (Å²) < 4.78 is 12.8. The Labute approximate surface area is 143 Å². The third-order valence-corrected chi connectivity index (χ3v) is 6.10. The number of nitrogens with zero attached hydrogens (tertiary/aromatic N) is 1. The first-order chi connectivity index (χ1) is 11.4. The number of likely N-dealkylation sites (tertiary alicyclic amines) is 1. The first-order valence-corrected chi connectivity index (χ1v) is 10.4. The van der Waals surface area contributed by atoms with Crippen molar-refractivity contribution in [1.29, 1.82) is 0 Å². The van der Waals surface area contributed by atoms with Gasteiger partial charge in [0.25, 0.3) is 0 Å². The predicted octanol–water partition coefficient (Wildman–Crippen LogP) is 4.89. The number of piperidine rings is 1. The third-order valence-electron chi connectivity index (χ3n) is 6.10. The van der Waals surface area contributed by atoms with Gasteiger partial charge in [0.05, 0.1) is 19.3 Å². The average molecular weight is 324 g/mol. The maximum atomic E-state index is 6.41. The molecule has 0 atom stereocenters. The van der Waals surface area contributed by atoms with Gasteiger partial charge in [-0.2, -0.15) is 0 Å². The Morgan fingerprint density at radius 1 is 0.565 bits per heavy atom. The maximum Gasteiger partial charge on any atom is 0.168 e. The van der Waals surface area contributed by atoms with Crippen LogP contribution in [0.15, 0.2) is 0 Å². The molecule has 0 N–H and O–H groups in total. The van der Waals surface area contributed by atoms with Crippen molar-refractivity contribution in [3.05, 3.63) is 0 Å². The summed E-state index contributed by atoms with van der Waals surface area (Å²) in [6.07, 6.45) is 18.6. The van der Waals surface area contributed by atoms with Gasteiger partial charge in [0.2, 0.25) is 0 Å². The molecule has 3 rings (SSSR count). The zero-order valence-electron chi connectivity index (χ0n) is 15.1. The molecule has 2 saturated heterocycles. The van der Waals surface area contributed by atoms with Gasteiger partial charge in [-0.05, 0) is 38.8 Å². The highest BCUT2D eigenvalue weighted by atomic mass is 16.7. The molecular formula is C20H37NO2. The topological polar surface area (TPSA) is 21.7 Å². The van der Waals surface area contributed by atoms with E-state index in [4.69, 9.17) is 9.47 Å². The van der Waals surface area contributed by atoms with Crippen LogP contribution >= 0.6 is 0 Å². The van der Waals surface area contributed by atoms with Crippen LogP contribution in [0.2, 0.25) is 0 Å². The fourth-order valence-corrected chi connectivity index (χ4v) is 4.52. The minimum atomic E-state index is -0.245. The third kappa shape index (κ3) is 5.44. The highest BCUT2D eigenvalue weighted by molar-refractivity contribution is 4.82. The summed E-state index contributed by atoms with van der Waals surface area (Å²) in [6, 6.07) is 0.502. The van der Waals surface area contributed by atoms with Crippen molar-refractivity contribution < 1.29 is 9.47 Å². The standard InChI is InChI=1S/C20H37NO2/c1-2-4-6-9-13-20(14-10-7-5-3-1)22-17-19(18-23-20)21-15-11-8-12-16-21/h19H,1-18H2. The van der Waals surface area contributed by atoms with Crippen molar-refractivity contribution in [3.8, 4) is 0 Å². The van der Waals surface area contributed by atoms with Crippen LogP contribution in [0, 0.1) is 0 Å². The highest BCUT2D eigenvalue weighted by Crippen LogP contribution is 2.33. The molecule has 2 heterocycles. The molecule has 0 radical (unpaired) electrons. The van der Waals surface area contributed by atoms with Crippen molar-refractivity contribution in [2.24, 2.45) is 0 Å². The number of rotatable bonds is 1. The van der Waals surface area contributed by atoms with Crippen molar-refractivity contribution in [1.82, 2.24) is 4.90 Å². The van der Waals surface area contributed by atoms with Crippen LogP contribution < -0.4 is 0 Å². The summed E-state index contributed by atoms with van der Waals surface area (Å²) in [6.45, 7) is 4.26. The van der Waals surface area contributed by atoms with E-state index < -0.39 is 0 Å². The fraction of sp³-hybridized carbons (Fsp3) is 1.00. The summed E-state index contributed by atoms with van der Waals surface area (Å²) in [4.78, 5) is 2.60. The second-order valence-corrected chi connectivity index (χ2v) is 7.97. The Morgan fingerprint density at radius 3 is 1.52 bits per heavy atom. The van der Waals surface area contributed by atoms with Crippen molar-refractivity contribution in [2.45, 2.75) is 102 Å². The summed E-state index contributed by atoms with van der Waals surface area (Å²) >= 11 is 0. The van der Waals surface area contributed by atoms with Gasteiger partial charge >= 0.3 is 0 Å². The lowest BCUT2D eigenvalue weighted by molar-refractivity contribution is -0.291. The Bertz CT molecular complexity index is 306. The van der Waals surface area contributed by atoms with Crippen LogP contribution in [-0.4, -0.2) is 43.0 Å². The van der Waals surface area contributed by atoms with Gasteiger partial charge in [-0.3, -0.25) is 4.90 Å². The van der Waals surface area contributed by atoms with E-state index >= 15 is 0 Å². The molecule has 3 aliphatic rings. The van der Waals surface area contributed by atoms with E-state index in [0.717, 1.165) is 26.1 Å². The van der Waals surface area contributed by atoms with Gasteiger partial charge in [-0.1, -0.05) is 51.4 Å². The monoisotopic (exact) mass is 323 g/mol. The lowest BCUT2D eigenvalue weighted by atomic mass is 9.96. The number of hydrogen-bond acceptors (Lipinski definition) is 3. The van der Waals surface area contributed by atoms with Crippen LogP contribution in [0.1, 0.15) is 89.9 Å². The Balaban J connectivity index is 1.49. The van der Waals surface area contributed by atoms with Crippen LogP contribution in [0.5, 0.6) is 0 Å². The Morgan fingerprint density at radius 2 is 1.00 bits per heavy atom. The van der Waals surface area contributed by atoms with Gasteiger partial charge in [-0.15, -0.1) is 0 Å². The number of hydrogen-bond donors (Lipinski definition) is 0. The molecule has 3 heteroatoms. The molecule has 3 nitrogen and oxygen atoms in total. The minimum absolute atomic E-state index is 0.245. The smallest absolute Gasteiger partial charge is 0.168 e. The van der Waals surface area contributed by atoms with E-state index in [1.807, 2.05) is 0 Å². The van der Waals surface area contributed by atoms with Crippen LogP contribution in [0.3, 0.4) is 0 Å². The first-order valence-electron chi connectivity index (χ1n) is 10.4. The molecule has 2 aliphatic heterocycles. The van der Waals surface area contributed by atoms with E-state index in [2.05, 4.69) is 4.90 Å². The van der Waals surface area contributed by atoms with Gasteiger partial charge in [0.15, 0.2) is 5.79 Å². The van der Waals surface area contributed by atoms with E-state index in [1.54, 1.807) is 0 Å². The van der Waals surface area contributed by atoms with Gasteiger partial charge in [-0.25, -0.2) is 0 Å². The van der Waals surface area contributed by atoms with E-state index in [0.29, 0.717) is 6.04 Å². The fourth-order valence-electron chi connectivity index (χ4n) is 4.52. The van der Waals surface area contributed by atoms with Crippen molar-refractivity contribution in [3.63, 3.8) is 0 Å². The molecule has 0 unspecified atom stereocenters. The van der Waals surface area contributed by atoms with Gasteiger partial charge < -0.3 is 9.47 Å². The summed E-state index contributed by atoms with van der Waals surface area (Å²) in [5.41, 5.74) is 0. The Hall–Kier alpha value is -0.120.